The van der Waals surface area contributed by atoms with Crippen LogP contribution in [-0.4, -0.2) is 23.9 Å². The fraction of sp³-hybridized carbons (Fsp3) is 0.0526. The molecule has 0 saturated heterocycles. The van der Waals surface area contributed by atoms with Crippen LogP contribution < -0.4 is 4.57 Å². The highest BCUT2D eigenvalue weighted by atomic mass is 32.1. The predicted molar refractivity (Wildman–Crippen MR) is 102 cm³/mol. The molecular formula is C19H13N6S+. The van der Waals surface area contributed by atoms with E-state index in [2.05, 4.69) is 55.3 Å². The summed E-state index contributed by atoms with van der Waals surface area (Å²) in [6, 6.07) is 14.6. The number of para-hydroxylation sites is 2. The molecule has 4 aromatic heterocycles. The van der Waals surface area contributed by atoms with Crippen molar-refractivity contribution in [2.45, 2.75) is 0 Å². The zero-order chi connectivity index (χ0) is 17.3. The van der Waals surface area contributed by atoms with Gasteiger partial charge in [-0.05, 0) is 24.3 Å². The molecule has 7 heteroatoms. The average molecular weight is 357 g/mol. The van der Waals surface area contributed by atoms with Crippen LogP contribution in [0.4, 0.5) is 0 Å². The molecule has 6 aromatic rings. The molecule has 0 bridgehead atoms. The molecule has 0 aliphatic heterocycles. The summed E-state index contributed by atoms with van der Waals surface area (Å²) in [5, 5.41) is 0. The summed E-state index contributed by atoms with van der Waals surface area (Å²) in [7, 11) is 1.99. The first-order chi connectivity index (χ1) is 12.8. The van der Waals surface area contributed by atoms with E-state index in [-0.39, 0.29) is 0 Å². The number of hydrogen-bond acceptors (Lipinski definition) is 4. The minimum atomic E-state index is 0.846. The lowest BCUT2D eigenvalue weighted by Crippen LogP contribution is -2.26. The Morgan fingerprint density at radius 3 is 2.77 bits per heavy atom. The Balaban J connectivity index is 1.75. The van der Waals surface area contributed by atoms with Crippen molar-refractivity contribution < 1.29 is 4.57 Å². The fourth-order valence-electron chi connectivity index (χ4n) is 3.58. The van der Waals surface area contributed by atoms with E-state index >= 15 is 0 Å². The number of fused-ring (bicyclic) bond motifs is 6. The molecule has 0 fully saturated rings. The Labute approximate surface area is 151 Å². The summed E-state index contributed by atoms with van der Waals surface area (Å²) in [4.78, 5) is 14.8. The number of aryl methyl sites for hydroxylation is 1. The zero-order valence-electron chi connectivity index (χ0n) is 13.9. The number of rotatable bonds is 1. The first kappa shape index (κ1) is 13.9. The van der Waals surface area contributed by atoms with E-state index in [1.165, 1.54) is 4.70 Å². The molecule has 0 aliphatic rings. The minimum Gasteiger partial charge on any atom is -0.283 e. The maximum Gasteiger partial charge on any atom is 0.322 e. The smallest absolute Gasteiger partial charge is 0.283 e. The molecule has 0 spiro atoms. The quantitative estimate of drug-likeness (QED) is 0.425. The van der Waals surface area contributed by atoms with Crippen LogP contribution in [0.5, 0.6) is 0 Å². The standard InChI is InChI=1S/C19H13N6S/c1-23-11-24(18-17(23)20-9-10-21-18)14-7-4-8-15-16(14)26-19-22-12-5-2-3-6-13(12)25(15)19/h2-11H,1H3/q+1. The Bertz CT molecular complexity index is 1460. The van der Waals surface area contributed by atoms with Crippen LogP contribution in [0.3, 0.4) is 0 Å². The van der Waals surface area contributed by atoms with E-state index in [1.54, 1.807) is 23.7 Å². The topological polar surface area (TPSA) is 51.9 Å². The molecule has 0 radical (unpaired) electrons. The van der Waals surface area contributed by atoms with Gasteiger partial charge in [-0.1, -0.05) is 29.5 Å². The monoisotopic (exact) mass is 357 g/mol. The van der Waals surface area contributed by atoms with Crippen molar-refractivity contribution in [3.63, 3.8) is 0 Å². The van der Waals surface area contributed by atoms with Gasteiger partial charge in [0, 0.05) is 0 Å². The molecule has 0 atom stereocenters. The van der Waals surface area contributed by atoms with Crippen molar-refractivity contribution in [3.05, 3.63) is 61.2 Å². The van der Waals surface area contributed by atoms with Crippen LogP contribution in [0.25, 0.3) is 43.2 Å². The van der Waals surface area contributed by atoms with Crippen LogP contribution in [0.1, 0.15) is 0 Å². The summed E-state index contributed by atoms with van der Waals surface area (Å²) in [6.45, 7) is 0. The molecule has 0 unspecified atom stereocenters. The zero-order valence-corrected chi connectivity index (χ0v) is 14.7. The maximum absolute atomic E-state index is 4.79. The minimum absolute atomic E-state index is 0.846. The number of thiazole rings is 1. The summed E-state index contributed by atoms with van der Waals surface area (Å²) in [6.07, 6.45) is 5.48. The van der Waals surface area contributed by atoms with E-state index in [9.17, 15) is 0 Å². The number of nitrogens with zero attached hydrogens (tertiary/aromatic N) is 6. The summed E-state index contributed by atoms with van der Waals surface area (Å²) >= 11 is 1.70. The summed E-state index contributed by atoms with van der Waals surface area (Å²) < 4.78 is 7.51. The van der Waals surface area contributed by atoms with Gasteiger partial charge in [0.15, 0.2) is 11.3 Å². The molecule has 0 N–H and O–H groups in total. The number of aromatic nitrogens is 6. The summed E-state index contributed by atoms with van der Waals surface area (Å²) in [5.41, 5.74) is 6.11. The van der Waals surface area contributed by atoms with Crippen molar-refractivity contribution in [1.82, 2.24) is 23.9 Å². The normalized spacial score (nSPS) is 12.0. The second-order valence-corrected chi connectivity index (χ2v) is 7.22. The number of hydrogen-bond donors (Lipinski definition) is 0. The van der Waals surface area contributed by atoms with E-state index in [4.69, 9.17) is 4.98 Å². The van der Waals surface area contributed by atoms with Crippen molar-refractivity contribution in [3.8, 4) is 5.69 Å². The van der Waals surface area contributed by atoms with E-state index in [0.29, 0.717) is 0 Å². The molecule has 0 aliphatic carbocycles. The van der Waals surface area contributed by atoms with Crippen LogP contribution >= 0.6 is 11.3 Å². The third kappa shape index (κ3) is 1.70. The van der Waals surface area contributed by atoms with Gasteiger partial charge in [0.1, 0.15) is 11.9 Å². The third-order valence-corrected chi connectivity index (χ3v) is 5.79. The molecule has 6 nitrogen and oxygen atoms in total. The van der Waals surface area contributed by atoms with Crippen LogP contribution in [0, 0.1) is 0 Å². The molecule has 0 amide bonds. The van der Waals surface area contributed by atoms with Gasteiger partial charge in [0.2, 0.25) is 0 Å². The van der Waals surface area contributed by atoms with Crippen LogP contribution in [0.2, 0.25) is 0 Å². The Hall–Kier alpha value is -3.32. The Morgan fingerprint density at radius 1 is 0.962 bits per heavy atom. The highest BCUT2D eigenvalue weighted by molar-refractivity contribution is 7.24. The molecule has 6 rings (SSSR count). The number of imidazole rings is 2. The lowest BCUT2D eigenvalue weighted by molar-refractivity contribution is -0.647. The van der Waals surface area contributed by atoms with E-state index < -0.39 is 0 Å². The average Bonchev–Trinajstić information content (AvgIpc) is 3.31. The van der Waals surface area contributed by atoms with Crippen LogP contribution in [0.15, 0.2) is 61.2 Å². The lowest BCUT2D eigenvalue weighted by atomic mass is 10.2. The lowest BCUT2D eigenvalue weighted by Gasteiger charge is -2.01. The van der Waals surface area contributed by atoms with Gasteiger partial charge in [-0.15, -0.1) is 4.98 Å². The molecular weight excluding hydrogens is 344 g/mol. The van der Waals surface area contributed by atoms with Crippen molar-refractivity contribution in [2.75, 3.05) is 0 Å². The largest absolute Gasteiger partial charge is 0.322 e. The Morgan fingerprint density at radius 2 is 1.81 bits per heavy atom. The first-order valence-corrected chi connectivity index (χ1v) is 9.10. The van der Waals surface area contributed by atoms with Crippen molar-refractivity contribution in [1.29, 1.82) is 0 Å². The maximum atomic E-state index is 4.79. The van der Waals surface area contributed by atoms with Crippen molar-refractivity contribution in [2.24, 2.45) is 7.05 Å². The van der Waals surface area contributed by atoms with Gasteiger partial charge in [-0.2, -0.15) is 0 Å². The van der Waals surface area contributed by atoms with Gasteiger partial charge >= 0.3 is 5.65 Å². The molecule has 4 heterocycles. The second-order valence-electron chi connectivity index (χ2n) is 6.25. The number of benzene rings is 2. The van der Waals surface area contributed by atoms with E-state index in [0.717, 1.165) is 38.5 Å². The fourth-order valence-corrected chi connectivity index (χ4v) is 4.73. The van der Waals surface area contributed by atoms with Gasteiger partial charge in [0.05, 0.1) is 34.5 Å². The SMILES string of the molecule is C[n+]1cn(-c2cccc3c2sc2nc4ccccc4n23)c2nccnc21. The summed E-state index contributed by atoms with van der Waals surface area (Å²) in [5.74, 6) is 0. The van der Waals surface area contributed by atoms with Gasteiger partial charge < -0.3 is 0 Å². The van der Waals surface area contributed by atoms with Gasteiger partial charge in [-0.3, -0.25) is 4.40 Å². The van der Waals surface area contributed by atoms with Crippen molar-refractivity contribution >= 4 is 48.8 Å². The predicted octanol–water partition coefficient (Wildman–Crippen LogP) is 3.26. The Kier molecular flexibility index (Phi) is 2.60. The molecule has 0 saturated carbocycles. The molecule has 26 heavy (non-hydrogen) atoms. The molecule has 2 aromatic carbocycles. The van der Waals surface area contributed by atoms with Gasteiger partial charge in [-0.25, -0.2) is 19.1 Å². The van der Waals surface area contributed by atoms with Gasteiger partial charge in [0.25, 0.3) is 5.65 Å². The second kappa shape index (κ2) is 4.86. The first-order valence-electron chi connectivity index (χ1n) is 8.28. The van der Waals surface area contributed by atoms with Crippen LogP contribution in [-0.2, 0) is 7.05 Å². The van der Waals surface area contributed by atoms with E-state index in [1.807, 2.05) is 24.0 Å². The highest BCUT2D eigenvalue weighted by Crippen LogP contribution is 2.34. The molecule has 124 valence electrons. The highest BCUT2D eigenvalue weighted by Gasteiger charge is 2.21. The third-order valence-electron chi connectivity index (χ3n) is 4.71.